The first-order valence-corrected chi connectivity index (χ1v) is 15.2. The molecule has 38 heavy (non-hydrogen) atoms. The number of fused-ring (bicyclic) bond motifs is 1. The molecule has 6 nitrogen and oxygen atoms in total. The van der Waals surface area contributed by atoms with Gasteiger partial charge in [-0.05, 0) is 37.2 Å². The zero-order chi connectivity index (χ0) is 28.5. The van der Waals surface area contributed by atoms with Crippen LogP contribution in [0.5, 0.6) is 11.5 Å². The Hall–Kier alpha value is -2.42. The van der Waals surface area contributed by atoms with E-state index in [1.54, 1.807) is 6.07 Å². The van der Waals surface area contributed by atoms with Gasteiger partial charge in [0.05, 0.1) is 25.9 Å². The number of hydrogen-bond acceptors (Lipinski definition) is 8. The summed E-state index contributed by atoms with van der Waals surface area (Å²) >= 11 is 2.44. The van der Waals surface area contributed by atoms with Crippen molar-refractivity contribution in [2.24, 2.45) is 11.8 Å². The quantitative estimate of drug-likeness (QED) is 0.143. The van der Waals surface area contributed by atoms with Crippen LogP contribution in [0.15, 0.2) is 25.7 Å². The van der Waals surface area contributed by atoms with Gasteiger partial charge in [0, 0.05) is 5.56 Å². The van der Waals surface area contributed by atoms with Crippen molar-refractivity contribution in [2.75, 3.05) is 0 Å². The maximum Gasteiger partial charge on any atom is 0.314 e. The number of carbonyl (C=O) groups excluding carboxylic acids is 2. The van der Waals surface area contributed by atoms with Gasteiger partial charge in [-0.1, -0.05) is 97.7 Å². The molecule has 206 valence electrons. The van der Waals surface area contributed by atoms with Gasteiger partial charge in [-0.3, -0.25) is 9.59 Å². The molecule has 2 unspecified atom stereocenters. The van der Waals surface area contributed by atoms with Crippen LogP contribution in [0.2, 0.25) is 0 Å². The van der Waals surface area contributed by atoms with E-state index < -0.39 is 5.41 Å². The second-order valence-electron chi connectivity index (χ2n) is 10.6. The van der Waals surface area contributed by atoms with Gasteiger partial charge in [-0.15, -0.1) is 0 Å². The summed E-state index contributed by atoms with van der Waals surface area (Å²) in [6, 6.07) is 5.71. The fourth-order valence-electron chi connectivity index (χ4n) is 4.20. The van der Waals surface area contributed by atoms with Crippen LogP contribution >= 0.6 is 23.5 Å². The lowest BCUT2D eigenvalue weighted by atomic mass is 9.86. The monoisotopic (exact) mass is 556 g/mol. The fraction of sp³-hybridized carbons (Fsp3) is 0.600. The number of nitrogens with zero attached hydrogens (tertiary/aromatic N) is 2. The van der Waals surface area contributed by atoms with Gasteiger partial charge in [-0.25, -0.2) is 0 Å². The average Bonchev–Trinajstić information content (AvgIpc) is 3.32. The summed E-state index contributed by atoms with van der Waals surface area (Å²) in [6.07, 6.45) is 6.74. The molecule has 1 aliphatic rings. The Morgan fingerprint density at radius 1 is 0.868 bits per heavy atom. The highest BCUT2D eigenvalue weighted by atomic mass is 32.2. The molecule has 8 heteroatoms. The first kappa shape index (κ1) is 31.8. The Kier molecular flexibility index (Phi) is 12.3. The molecule has 1 heterocycles. The molecule has 0 fully saturated rings. The van der Waals surface area contributed by atoms with Crippen molar-refractivity contribution in [3.63, 3.8) is 0 Å². The molecule has 0 saturated carbocycles. The number of nitriles is 2. The highest BCUT2D eigenvalue weighted by molar-refractivity contribution is 8.24. The number of unbranched alkanes of at least 4 members (excludes halogenated alkanes) is 2. The third-order valence-corrected chi connectivity index (χ3v) is 9.27. The number of ether oxygens (including phenoxy) is 2. The Bertz CT molecular complexity index is 1120. The minimum Gasteiger partial charge on any atom is -0.425 e. The highest BCUT2D eigenvalue weighted by Gasteiger charge is 2.36. The van der Waals surface area contributed by atoms with E-state index in [9.17, 15) is 20.1 Å². The topological polar surface area (TPSA) is 100 Å². The van der Waals surface area contributed by atoms with E-state index >= 15 is 0 Å². The van der Waals surface area contributed by atoms with Crippen molar-refractivity contribution in [3.05, 3.63) is 21.4 Å². The Balaban J connectivity index is 2.67. The predicted octanol–water partition coefficient (Wildman–Crippen LogP) is 8.68. The maximum atomic E-state index is 13.3. The standard InChI is InChI=1S/C30H40N2O4S2/c1-8-12-14-19(10-3)27(33)35-23-16-22(30(5,6)7)24(36-28(34)20(11-4)15-13-9-2)26-25(23)37-29(38-26)21(17-31)18-32/h16,19-20H,8-15H2,1-7H3. The molecule has 0 amide bonds. The molecular formula is C30H40N2O4S2. The summed E-state index contributed by atoms with van der Waals surface area (Å²) in [4.78, 5) is 27.7. The smallest absolute Gasteiger partial charge is 0.314 e. The highest BCUT2D eigenvalue weighted by Crippen LogP contribution is 2.61. The lowest BCUT2D eigenvalue weighted by molar-refractivity contribution is -0.140. The number of benzene rings is 1. The van der Waals surface area contributed by atoms with Gasteiger partial charge in [0.25, 0.3) is 0 Å². The van der Waals surface area contributed by atoms with Crippen molar-refractivity contribution >= 4 is 35.5 Å². The van der Waals surface area contributed by atoms with Gasteiger partial charge in [0.1, 0.15) is 29.2 Å². The summed E-state index contributed by atoms with van der Waals surface area (Å²) < 4.78 is 12.6. The molecular weight excluding hydrogens is 516 g/mol. The molecule has 0 bridgehead atoms. The number of hydrogen-bond donors (Lipinski definition) is 0. The van der Waals surface area contributed by atoms with Crippen molar-refractivity contribution in [3.8, 4) is 23.6 Å². The van der Waals surface area contributed by atoms with Gasteiger partial charge >= 0.3 is 11.9 Å². The van der Waals surface area contributed by atoms with Crippen LogP contribution in [0.1, 0.15) is 105 Å². The van der Waals surface area contributed by atoms with Crippen LogP contribution in [-0.2, 0) is 15.0 Å². The third kappa shape index (κ3) is 7.80. The van der Waals surface area contributed by atoms with Gasteiger partial charge in [-0.2, -0.15) is 10.5 Å². The van der Waals surface area contributed by atoms with E-state index in [-0.39, 0.29) is 29.3 Å². The van der Waals surface area contributed by atoms with Crippen molar-refractivity contribution < 1.29 is 19.1 Å². The normalized spacial score (nSPS) is 14.2. The number of esters is 2. The lowest BCUT2D eigenvalue weighted by Gasteiger charge is -2.26. The predicted molar refractivity (Wildman–Crippen MR) is 153 cm³/mol. The molecule has 1 aromatic carbocycles. The summed E-state index contributed by atoms with van der Waals surface area (Å²) in [5.41, 5.74) is 0.282. The van der Waals surface area contributed by atoms with E-state index in [0.717, 1.165) is 44.1 Å². The second-order valence-corrected chi connectivity index (χ2v) is 12.9. The SMILES string of the molecule is CCCCC(CC)C(=O)Oc1cc(C(C)(C)C)c(OC(=O)C(CC)CCCC)c2c1SC(=C(C#N)C#N)S2. The maximum absolute atomic E-state index is 13.3. The fourth-order valence-corrected chi connectivity index (χ4v) is 6.70. The third-order valence-electron chi connectivity index (χ3n) is 6.66. The summed E-state index contributed by atoms with van der Waals surface area (Å²) in [7, 11) is 0. The molecule has 0 spiro atoms. The molecule has 0 saturated heterocycles. The number of allylic oxidation sites excluding steroid dienone is 1. The van der Waals surface area contributed by atoms with Crippen LogP contribution in [-0.4, -0.2) is 11.9 Å². The zero-order valence-corrected chi connectivity index (χ0v) is 25.4. The number of rotatable bonds is 12. The summed E-state index contributed by atoms with van der Waals surface area (Å²) in [5, 5.41) is 19.1. The van der Waals surface area contributed by atoms with Crippen molar-refractivity contribution in [1.29, 1.82) is 10.5 Å². The number of carbonyl (C=O) groups is 2. The molecule has 2 atom stereocenters. The van der Waals surface area contributed by atoms with Crippen molar-refractivity contribution in [2.45, 2.75) is 115 Å². The van der Waals surface area contributed by atoms with E-state index in [0.29, 0.717) is 38.4 Å². The van der Waals surface area contributed by atoms with E-state index in [4.69, 9.17) is 9.47 Å². The molecule has 1 aromatic rings. The van der Waals surface area contributed by atoms with E-state index in [1.807, 2.05) is 46.8 Å². The second kappa shape index (κ2) is 14.7. The van der Waals surface area contributed by atoms with Crippen molar-refractivity contribution in [1.82, 2.24) is 0 Å². The van der Waals surface area contributed by atoms with Crippen LogP contribution in [0.4, 0.5) is 0 Å². The van der Waals surface area contributed by atoms with Crippen LogP contribution in [0, 0.1) is 34.5 Å². The first-order valence-electron chi connectivity index (χ1n) is 13.6. The zero-order valence-electron chi connectivity index (χ0n) is 23.7. The van der Waals surface area contributed by atoms with Crippen LogP contribution in [0.3, 0.4) is 0 Å². The molecule has 2 rings (SSSR count). The van der Waals surface area contributed by atoms with Gasteiger partial charge < -0.3 is 9.47 Å². The first-order chi connectivity index (χ1) is 18.1. The van der Waals surface area contributed by atoms with Gasteiger partial charge in [0.2, 0.25) is 0 Å². The minimum atomic E-state index is -0.436. The van der Waals surface area contributed by atoms with E-state index in [2.05, 4.69) is 13.8 Å². The largest absolute Gasteiger partial charge is 0.425 e. The minimum absolute atomic E-state index is 0.0215. The Labute approximate surface area is 236 Å². The molecule has 0 N–H and O–H groups in total. The van der Waals surface area contributed by atoms with Crippen LogP contribution < -0.4 is 9.47 Å². The molecule has 0 radical (unpaired) electrons. The Morgan fingerprint density at radius 3 is 1.82 bits per heavy atom. The molecule has 0 aromatic heterocycles. The summed E-state index contributed by atoms with van der Waals surface area (Å²) in [5.74, 6) is -0.205. The lowest BCUT2D eigenvalue weighted by Crippen LogP contribution is -2.24. The molecule has 1 aliphatic heterocycles. The summed E-state index contributed by atoms with van der Waals surface area (Å²) in [6.45, 7) is 14.2. The Morgan fingerprint density at radius 2 is 1.37 bits per heavy atom. The average molecular weight is 557 g/mol. The molecule has 0 aliphatic carbocycles. The number of thioether (sulfide) groups is 2. The van der Waals surface area contributed by atoms with Crippen LogP contribution in [0.25, 0.3) is 0 Å². The van der Waals surface area contributed by atoms with E-state index in [1.165, 1.54) is 23.5 Å². The van der Waals surface area contributed by atoms with Gasteiger partial charge in [0.15, 0.2) is 0 Å².